The molecule has 5 nitrogen and oxygen atoms in total. The SMILES string of the molecule is O=C(O)[C@@]12CCC[C@H]1CN(S(=O)(=O)Cc1cccc(Br)c1)C2. The molecular formula is C15H18BrNO4S. The molecule has 0 bridgehead atoms. The quantitative estimate of drug-likeness (QED) is 0.860. The third-order valence-corrected chi connectivity index (χ3v) is 7.15. The molecule has 1 N–H and O–H groups in total. The van der Waals surface area contributed by atoms with Gasteiger partial charge in [0.2, 0.25) is 10.0 Å². The molecule has 2 atom stereocenters. The minimum Gasteiger partial charge on any atom is -0.481 e. The maximum atomic E-state index is 12.6. The van der Waals surface area contributed by atoms with Crippen molar-refractivity contribution in [3.8, 4) is 0 Å². The first kappa shape index (κ1) is 16.0. The number of carbonyl (C=O) groups is 1. The van der Waals surface area contributed by atoms with Crippen molar-refractivity contribution in [1.82, 2.24) is 4.31 Å². The minimum absolute atomic E-state index is 0.0534. The average molecular weight is 388 g/mol. The molecule has 1 saturated carbocycles. The summed E-state index contributed by atoms with van der Waals surface area (Å²) in [4.78, 5) is 11.7. The van der Waals surface area contributed by atoms with Gasteiger partial charge in [0.1, 0.15) is 0 Å². The standard InChI is InChI=1S/C15H18BrNO4S/c16-13-5-1-3-11(7-13)9-22(20,21)17-8-12-4-2-6-15(12,10-17)14(18)19/h1,3,5,7,12H,2,4,6,8-10H2,(H,18,19)/t12-,15+/m0/s1. The van der Waals surface area contributed by atoms with E-state index >= 15 is 0 Å². The van der Waals surface area contributed by atoms with Crippen molar-refractivity contribution < 1.29 is 18.3 Å². The zero-order valence-electron chi connectivity index (χ0n) is 12.0. The van der Waals surface area contributed by atoms with Crippen LogP contribution in [0.5, 0.6) is 0 Å². The van der Waals surface area contributed by atoms with Crippen LogP contribution in [-0.4, -0.2) is 36.9 Å². The van der Waals surface area contributed by atoms with E-state index in [-0.39, 0.29) is 18.2 Å². The Hall–Kier alpha value is -0.920. The Kier molecular flexibility index (Phi) is 4.07. The highest BCUT2D eigenvalue weighted by atomic mass is 79.9. The summed E-state index contributed by atoms with van der Waals surface area (Å²) in [7, 11) is -3.49. The van der Waals surface area contributed by atoms with Crippen LogP contribution in [-0.2, 0) is 20.6 Å². The topological polar surface area (TPSA) is 74.7 Å². The Bertz CT molecular complexity index is 705. The van der Waals surface area contributed by atoms with Crippen LogP contribution in [0, 0.1) is 11.3 Å². The van der Waals surface area contributed by atoms with Crippen molar-refractivity contribution >= 4 is 31.9 Å². The lowest BCUT2D eigenvalue weighted by Crippen LogP contribution is -2.37. The van der Waals surface area contributed by atoms with Crippen molar-refractivity contribution in [3.05, 3.63) is 34.3 Å². The third-order valence-electron chi connectivity index (χ3n) is 4.90. The molecule has 22 heavy (non-hydrogen) atoms. The fourth-order valence-corrected chi connectivity index (χ4v) is 5.80. The molecule has 0 aromatic heterocycles. The molecule has 3 rings (SSSR count). The summed E-state index contributed by atoms with van der Waals surface area (Å²) in [6.45, 7) is 0.450. The summed E-state index contributed by atoms with van der Waals surface area (Å²) in [6.07, 6.45) is 2.25. The summed E-state index contributed by atoms with van der Waals surface area (Å²) in [6, 6.07) is 7.19. The summed E-state index contributed by atoms with van der Waals surface area (Å²) >= 11 is 3.33. The molecule has 1 saturated heterocycles. The van der Waals surface area contributed by atoms with Gasteiger partial charge in [0.15, 0.2) is 0 Å². The number of fused-ring (bicyclic) bond motifs is 1. The number of sulfonamides is 1. The van der Waals surface area contributed by atoms with Crippen LogP contribution in [0.1, 0.15) is 24.8 Å². The van der Waals surface area contributed by atoms with Gasteiger partial charge in [0, 0.05) is 17.6 Å². The Balaban J connectivity index is 1.81. The van der Waals surface area contributed by atoms with Crippen LogP contribution in [0.2, 0.25) is 0 Å². The van der Waals surface area contributed by atoms with E-state index in [1.165, 1.54) is 4.31 Å². The lowest BCUT2D eigenvalue weighted by Gasteiger charge is -2.23. The largest absolute Gasteiger partial charge is 0.481 e. The van der Waals surface area contributed by atoms with Crippen LogP contribution < -0.4 is 0 Å². The molecule has 1 heterocycles. The highest BCUT2D eigenvalue weighted by Crippen LogP contribution is 2.49. The van der Waals surface area contributed by atoms with E-state index < -0.39 is 21.4 Å². The Morgan fingerprint density at radius 2 is 2.23 bits per heavy atom. The molecule has 1 aliphatic heterocycles. The van der Waals surface area contributed by atoms with Gasteiger partial charge in [-0.1, -0.05) is 34.5 Å². The number of benzene rings is 1. The number of aliphatic carboxylic acids is 1. The van der Waals surface area contributed by atoms with Gasteiger partial charge < -0.3 is 5.11 Å². The fraction of sp³-hybridized carbons (Fsp3) is 0.533. The van der Waals surface area contributed by atoms with E-state index in [0.717, 1.165) is 17.3 Å². The number of hydrogen-bond acceptors (Lipinski definition) is 3. The molecule has 0 radical (unpaired) electrons. The van der Waals surface area contributed by atoms with E-state index in [4.69, 9.17) is 0 Å². The number of nitrogens with zero attached hydrogens (tertiary/aromatic N) is 1. The molecule has 2 aliphatic rings. The first-order chi connectivity index (χ1) is 10.3. The summed E-state index contributed by atoms with van der Waals surface area (Å²) in [5.74, 6) is -0.994. The molecule has 0 amide bonds. The van der Waals surface area contributed by atoms with Crippen LogP contribution in [0.4, 0.5) is 0 Å². The van der Waals surface area contributed by atoms with Crippen LogP contribution in [0.25, 0.3) is 0 Å². The summed E-state index contributed by atoms with van der Waals surface area (Å²) < 4.78 is 27.5. The first-order valence-corrected chi connectivity index (χ1v) is 9.69. The highest BCUT2D eigenvalue weighted by molar-refractivity contribution is 9.10. The second kappa shape index (κ2) is 5.62. The van der Waals surface area contributed by atoms with E-state index in [2.05, 4.69) is 15.9 Å². The number of hydrogen-bond donors (Lipinski definition) is 1. The lowest BCUT2D eigenvalue weighted by atomic mass is 9.81. The van der Waals surface area contributed by atoms with Gasteiger partial charge in [0.25, 0.3) is 0 Å². The third kappa shape index (κ3) is 2.70. The van der Waals surface area contributed by atoms with Gasteiger partial charge in [-0.25, -0.2) is 12.7 Å². The normalized spacial score (nSPS) is 28.7. The van der Waals surface area contributed by atoms with E-state index in [1.807, 2.05) is 6.07 Å². The molecular weight excluding hydrogens is 370 g/mol. The second-order valence-electron chi connectivity index (χ2n) is 6.23. The molecule has 1 aromatic rings. The zero-order chi connectivity index (χ0) is 16.0. The maximum absolute atomic E-state index is 12.6. The van der Waals surface area contributed by atoms with Gasteiger partial charge in [0.05, 0.1) is 11.2 Å². The minimum atomic E-state index is -3.49. The Labute approximate surface area is 138 Å². The summed E-state index contributed by atoms with van der Waals surface area (Å²) in [5.41, 5.74) is -0.166. The van der Waals surface area contributed by atoms with E-state index in [0.29, 0.717) is 18.5 Å². The Morgan fingerprint density at radius 1 is 1.45 bits per heavy atom. The predicted molar refractivity (Wildman–Crippen MR) is 85.7 cm³/mol. The second-order valence-corrected chi connectivity index (χ2v) is 9.11. The smallest absolute Gasteiger partial charge is 0.311 e. The zero-order valence-corrected chi connectivity index (χ0v) is 14.4. The van der Waals surface area contributed by atoms with Crippen LogP contribution in [0.3, 0.4) is 0 Å². The monoisotopic (exact) mass is 387 g/mol. The highest BCUT2D eigenvalue weighted by Gasteiger charge is 2.56. The van der Waals surface area contributed by atoms with E-state index in [9.17, 15) is 18.3 Å². The lowest BCUT2D eigenvalue weighted by molar-refractivity contribution is -0.149. The Morgan fingerprint density at radius 3 is 2.86 bits per heavy atom. The molecule has 2 fully saturated rings. The number of rotatable bonds is 4. The molecule has 7 heteroatoms. The summed E-state index contributed by atoms with van der Waals surface area (Å²) in [5, 5.41) is 9.56. The van der Waals surface area contributed by atoms with Crippen molar-refractivity contribution in [1.29, 1.82) is 0 Å². The molecule has 0 spiro atoms. The predicted octanol–water partition coefficient (Wildman–Crippen LogP) is 2.47. The fourth-order valence-electron chi connectivity index (χ4n) is 3.73. The van der Waals surface area contributed by atoms with Gasteiger partial charge in [-0.05, 0) is 36.5 Å². The number of carboxylic acid groups (broad SMARTS) is 1. The number of carboxylic acids is 1. The van der Waals surface area contributed by atoms with E-state index in [1.54, 1.807) is 18.2 Å². The van der Waals surface area contributed by atoms with Gasteiger partial charge in [-0.15, -0.1) is 0 Å². The van der Waals surface area contributed by atoms with Crippen LogP contribution >= 0.6 is 15.9 Å². The first-order valence-electron chi connectivity index (χ1n) is 7.29. The molecule has 0 unspecified atom stereocenters. The molecule has 120 valence electrons. The van der Waals surface area contributed by atoms with Gasteiger partial charge in [-0.2, -0.15) is 0 Å². The van der Waals surface area contributed by atoms with Gasteiger partial charge >= 0.3 is 5.97 Å². The van der Waals surface area contributed by atoms with Crippen molar-refractivity contribution in [2.75, 3.05) is 13.1 Å². The van der Waals surface area contributed by atoms with Gasteiger partial charge in [-0.3, -0.25) is 4.79 Å². The van der Waals surface area contributed by atoms with Crippen LogP contribution in [0.15, 0.2) is 28.7 Å². The number of halogens is 1. The van der Waals surface area contributed by atoms with Crippen molar-refractivity contribution in [2.45, 2.75) is 25.0 Å². The van der Waals surface area contributed by atoms with Crippen molar-refractivity contribution in [2.24, 2.45) is 11.3 Å². The van der Waals surface area contributed by atoms with Crippen molar-refractivity contribution in [3.63, 3.8) is 0 Å². The molecule has 1 aromatic carbocycles. The molecule has 1 aliphatic carbocycles. The average Bonchev–Trinajstić information content (AvgIpc) is 2.95. The maximum Gasteiger partial charge on any atom is 0.311 e.